The van der Waals surface area contributed by atoms with Gasteiger partial charge in [0.05, 0.1) is 36.7 Å². The van der Waals surface area contributed by atoms with Gasteiger partial charge in [-0.3, -0.25) is 9.48 Å². The fraction of sp³-hybridized carbons (Fsp3) is 0.188. The van der Waals surface area contributed by atoms with Crippen LogP contribution in [0.25, 0.3) is 10.6 Å². The summed E-state index contributed by atoms with van der Waals surface area (Å²) < 4.78 is 34.6. The number of amides is 1. The molecule has 3 heterocycles. The highest BCUT2D eigenvalue weighted by Crippen LogP contribution is 2.33. The summed E-state index contributed by atoms with van der Waals surface area (Å²) in [4.78, 5) is 16.4. The van der Waals surface area contributed by atoms with Gasteiger partial charge in [0.15, 0.2) is 5.69 Å². The van der Waals surface area contributed by atoms with E-state index in [1.165, 1.54) is 12.3 Å². The summed E-state index contributed by atoms with van der Waals surface area (Å²) in [5.74, 6) is -2.12. The third-order valence-electron chi connectivity index (χ3n) is 3.90. The zero-order chi connectivity index (χ0) is 18.3. The molecule has 1 aliphatic heterocycles. The number of rotatable bonds is 4. The quantitative estimate of drug-likeness (QED) is 0.729. The Morgan fingerprint density at radius 2 is 2.08 bits per heavy atom. The number of hydrogen-bond donors (Lipinski definition) is 2. The van der Waals surface area contributed by atoms with Crippen LogP contribution in [0.15, 0.2) is 30.6 Å². The van der Waals surface area contributed by atoms with Crippen molar-refractivity contribution in [3.63, 3.8) is 0 Å². The van der Waals surface area contributed by atoms with Gasteiger partial charge in [-0.2, -0.15) is 5.10 Å². The lowest BCUT2D eigenvalue weighted by atomic mass is 10.2. The lowest BCUT2D eigenvalue weighted by Crippen LogP contribution is -2.30. The summed E-state index contributed by atoms with van der Waals surface area (Å²) >= 11 is 0.846. The zero-order valence-electron chi connectivity index (χ0n) is 13.3. The van der Waals surface area contributed by atoms with Crippen molar-refractivity contribution >= 4 is 27.9 Å². The van der Waals surface area contributed by atoms with E-state index < -0.39 is 17.5 Å². The van der Waals surface area contributed by atoms with E-state index in [1.54, 1.807) is 10.9 Å². The Labute approximate surface area is 150 Å². The van der Waals surface area contributed by atoms with Gasteiger partial charge in [-0.25, -0.2) is 13.8 Å². The van der Waals surface area contributed by atoms with E-state index >= 15 is 0 Å². The van der Waals surface area contributed by atoms with Crippen LogP contribution in [0.2, 0.25) is 0 Å². The van der Waals surface area contributed by atoms with Gasteiger partial charge >= 0.3 is 0 Å². The fourth-order valence-corrected chi connectivity index (χ4v) is 3.35. The van der Waals surface area contributed by atoms with E-state index in [1.807, 2.05) is 0 Å². The Morgan fingerprint density at radius 3 is 2.73 bits per heavy atom. The Morgan fingerprint density at radius 1 is 1.35 bits per heavy atom. The maximum atomic E-state index is 13.9. The van der Waals surface area contributed by atoms with Gasteiger partial charge in [-0.1, -0.05) is 17.4 Å². The van der Waals surface area contributed by atoms with E-state index in [9.17, 15) is 13.6 Å². The van der Waals surface area contributed by atoms with Crippen molar-refractivity contribution in [1.82, 2.24) is 14.8 Å². The molecule has 1 aromatic carbocycles. The number of carbonyl (C=O) groups excluding carboxylic acids is 1. The van der Waals surface area contributed by atoms with Crippen molar-refractivity contribution in [2.75, 3.05) is 24.3 Å². The minimum Gasteiger partial charge on any atom is -0.389 e. The highest BCUT2D eigenvalue weighted by Gasteiger charge is 2.23. The number of nitrogens with one attached hydrogen (secondary N) is 1. The maximum Gasteiger partial charge on any atom is 0.277 e. The van der Waals surface area contributed by atoms with Gasteiger partial charge in [0.1, 0.15) is 21.6 Å². The van der Waals surface area contributed by atoms with Crippen molar-refractivity contribution in [2.24, 2.45) is 0 Å². The molecule has 1 amide bonds. The van der Waals surface area contributed by atoms with Crippen LogP contribution in [0.5, 0.6) is 0 Å². The molecule has 0 bridgehead atoms. The first-order valence-corrected chi connectivity index (χ1v) is 8.48. The number of benzene rings is 1. The zero-order valence-corrected chi connectivity index (χ0v) is 14.1. The van der Waals surface area contributed by atoms with Crippen LogP contribution in [0.3, 0.4) is 0 Å². The molecule has 1 aliphatic rings. The molecular formula is C16H13F2N5O2S. The molecule has 2 aromatic heterocycles. The number of halogens is 2. The summed E-state index contributed by atoms with van der Waals surface area (Å²) in [7, 11) is 0. The molecule has 0 saturated carbocycles. The predicted molar refractivity (Wildman–Crippen MR) is 91.9 cm³/mol. The minimum absolute atomic E-state index is 0.00515. The summed E-state index contributed by atoms with van der Waals surface area (Å²) in [5, 5.41) is 6.86. The molecule has 0 unspecified atom stereocenters. The first-order chi connectivity index (χ1) is 12.5. The molecule has 0 spiro atoms. The van der Waals surface area contributed by atoms with Gasteiger partial charge in [0.2, 0.25) is 0 Å². The molecule has 26 heavy (non-hydrogen) atoms. The van der Waals surface area contributed by atoms with Gasteiger partial charge in [-0.15, -0.1) is 0 Å². The molecule has 4 rings (SSSR count). The standard InChI is InChI=1S/C16H13F2N5O2S/c17-10-2-1-3-11(18)12(10)16-22-13(14(19)26-16)15(24)21-8-4-20-23(5-8)9-6-25-7-9/h1-5,9H,6-7,19H2,(H,21,24). The summed E-state index contributed by atoms with van der Waals surface area (Å²) in [5.41, 5.74) is 5.90. The number of thiazole rings is 1. The molecule has 1 fully saturated rings. The Balaban J connectivity index is 1.57. The van der Waals surface area contributed by atoms with Gasteiger partial charge in [-0.05, 0) is 12.1 Å². The number of hydrogen-bond acceptors (Lipinski definition) is 6. The van der Waals surface area contributed by atoms with Crippen LogP contribution in [-0.4, -0.2) is 33.9 Å². The van der Waals surface area contributed by atoms with Crippen LogP contribution in [0, 0.1) is 11.6 Å². The minimum atomic E-state index is -0.769. The number of nitrogens with zero attached hydrogens (tertiary/aromatic N) is 3. The first kappa shape index (κ1) is 16.6. The second-order valence-corrected chi connectivity index (χ2v) is 6.71. The van der Waals surface area contributed by atoms with Crippen molar-refractivity contribution < 1.29 is 18.3 Å². The number of carbonyl (C=O) groups is 1. The smallest absolute Gasteiger partial charge is 0.277 e. The van der Waals surface area contributed by atoms with Crippen LogP contribution in [-0.2, 0) is 4.74 Å². The average Bonchev–Trinajstić information content (AvgIpc) is 3.12. The average molecular weight is 377 g/mol. The van der Waals surface area contributed by atoms with Gasteiger partial charge < -0.3 is 15.8 Å². The monoisotopic (exact) mass is 377 g/mol. The third-order valence-corrected chi connectivity index (χ3v) is 4.80. The molecule has 0 radical (unpaired) electrons. The molecule has 10 heteroatoms. The summed E-state index contributed by atoms with van der Waals surface area (Å²) in [6, 6.07) is 3.65. The van der Waals surface area contributed by atoms with Crippen molar-refractivity contribution in [3.8, 4) is 10.6 Å². The summed E-state index contributed by atoms with van der Waals surface area (Å²) in [6.07, 6.45) is 3.17. The van der Waals surface area contributed by atoms with E-state index in [0.29, 0.717) is 18.9 Å². The summed E-state index contributed by atoms with van der Waals surface area (Å²) in [6.45, 7) is 1.15. The normalized spacial score (nSPS) is 14.2. The van der Waals surface area contributed by atoms with E-state index in [-0.39, 0.29) is 27.3 Å². The number of nitrogen functional groups attached to an aromatic ring is 1. The SMILES string of the molecule is Nc1sc(-c2c(F)cccc2F)nc1C(=O)Nc1cnn(C2COC2)c1. The highest BCUT2D eigenvalue weighted by molar-refractivity contribution is 7.19. The lowest BCUT2D eigenvalue weighted by molar-refractivity contribution is -0.0286. The maximum absolute atomic E-state index is 13.9. The third kappa shape index (κ3) is 2.93. The topological polar surface area (TPSA) is 95.1 Å². The molecule has 3 N–H and O–H groups in total. The first-order valence-electron chi connectivity index (χ1n) is 7.67. The highest BCUT2D eigenvalue weighted by atomic mass is 32.1. The molecule has 0 aliphatic carbocycles. The van der Waals surface area contributed by atoms with Gasteiger partial charge in [0, 0.05) is 6.20 Å². The molecule has 0 atom stereocenters. The van der Waals surface area contributed by atoms with Gasteiger partial charge in [0.25, 0.3) is 5.91 Å². The van der Waals surface area contributed by atoms with Crippen molar-refractivity contribution in [2.45, 2.75) is 6.04 Å². The van der Waals surface area contributed by atoms with Crippen LogP contribution in [0.1, 0.15) is 16.5 Å². The predicted octanol–water partition coefficient (Wildman–Crippen LogP) is 2.69. The second kappa shape index (κ2) is 6.46. The van der Waals surface area contributed by atoms with E-state index in [0.717, 1.165) is 23.5 Å². The Kier molecular flexibility index (Phi) is 4.13. The number of ether oxygens (including phenoxy) is 1. The van der Waals surface area contributed by atoms with Crippen LogP contribution in [0.4, 0.5) is 19.5 Å². The number of nitrogens with two attached hydrogens (primary N) is 1. The van der Waals surface area contributed by atoms with Crippen molar-refractivity contribution in [3.05, 3.63) is 47.9 Å². The molecule has 1 saturated heterocycles. The Hall–Kier alpha value is -2.85. The van der Waals surface area contributed by atoms with E-state index in [4.69, 9.17) is 10.5 Å². The second-order valence-electron chi connectivity index (χ2n) is 5.68. The lowest BCUT2D eigenvalue weighted by Gasteiger charge is -2.25. The largest absolute Gasteiger partial charge is 0.389 e. The van der Waals surface area contributed by atoms with Crippen molar-refractivity contribution in [1.29, 1.82) is 0 Å². The van der Waals surface area contributed by atoms with E-state index in [2.05, 4.69) is 15.4 Å². The Bertz CT molecular complexity index is 963. The molecule has 3 aromatic rings. The molecular weight excluding hydrogens is 364 g/mol. The number of anilines is 2. The van der Waals surface area contributed by atoms with Crippen LogP contribution >= 0.6 is 11.3 Å². The fourth-order valence-electron chi connectivity index (χ4n) is 2.47. The molecule has 7 nitrogen and oxygen atoms in total. The van der Waals surface area contributed by atoms with Crippen LogP contribution < -0.4 is 11.1 Å². The number of aromatic nitrogens is 3. The molecule has 134 valence electrons.